The molecule has 3 aromatic heterocycles. The molecule has 0 saturated heterocycles. The number of benzene rings is 1. The lowest BCUT2D eigenvalue weighted by atomic mass is 10.1. The van der Waals surface area contributed by atoms with Crippen LogP contribution in [0.4, 0.5) is 0 Å². The minimum atomic E-state index is -1.00. The van der Waals surface area contributed by atoms with E-state index in [0.717, 1.165) is 16.8 Å². The van der Waals surface area contributed by atoms with E-state index in [-0.39, 0.29) is 5.56 Å². The number of rotatable bonds is 3. The summed E-state index contributed by atoms with van der Waals surface area (Å²) in [4.78, 5) is 20.7. The molecule has 3 heterocycles. The average molecular weight is 344 g/mol. The summed E-state index contributed by atoms with van der Waals surface area (Å²) < 4.78 is 1.71. The number of nitrogens with zero attached hydrogens (tertiary/aromatic N) is 4. The summed E-state index contributed by atoms with van der Waals surface area (Å²) in [5.74, 6) is -1.00. The second-order valence-electron chi connectivity index (χ2n) is 6.08. The number of hydrogen-bond acceptors (Lipinski definition) is 4. The summed E-state index contributed by atoms with van der Waals surface area (Å²) in [5, 5.41) is 14.9. The van der Waals surface area contributed by atoms with Gasteiger partial charge in [-0.3, -0.25) is 4.98 Å². The topological polar surface area (TPSA) is 80.9 Å². The van der Waals surface area contributed by atoms with E-state index in [4.69, 9.17) is 4.98 Å². The predicted molar refractivity (Wildman–Crippen MR) is 98.5 cm³/mol. The molecule has 0 unspecified atom stereocenters. The zero-order valence-electron chi connectivity index (χ0n) is 14.3. The Labute approximate surface area is 149 Å². The molecule has 0 fully saturated rings. The van der Waals surface area contributed by atoms with Crippen LogP contribution >= 0.6 is 0 Å². The molecule has 1 aromatic carbocycles. The Kier molecular flexibility index (Phi) is 3.73. The lowest BCUT2D eigenvalue weighted by molar-refractivity contribution is 0.0699. The highest BCUT2D eigenvalue weighted by atomic mass is 16.4. The quantitative estimate of drug-likeness (QED) is 0.611. The van der Waals surface area contributed by atoms with Gasteiger partial charge in [-0.2, -0.15) is 5.10 Å². The van der Waals surface area contributed by atoms with Gasteiger partial charge in [-0.25, -0.2) is 14.5 Å². The summed E-state index contributed by atoms with van der Waals surface area (Å²) in [6, 6.07) is 13.0. The zero-order valence-corrected chi connectivity index (χ0v) is 14.3. The molecule has 0 atom stereocenters. The second-order valence-corrected chi connectivity index (χ2v) is 6.08. The standard InChI is InChI=1S/C20H16N4O2/c1-12-6-3-4-8-17(12)24-19-18(13(2)23-24)15(20(25)26)10-16(22-19)14-7-5-9-21-11-14/h3-11H,1-2H3,(H,25,26). The molecule has 26 heavy (non-hydrogen) atoms. The van der Waals surface area contributed by atoms with E-state index in [1.807, 2.05) is 37.3 Å². The van der Waals surface area contributed by atoms with Gasteiger partial charge in [0, 0.05) is 18.0 Å². The Hall–Kier alpha value is -3.54. The highest BCUT2D eigenvalue weighted by Crippen LogP contribution is 2.29. The number of aryl methyl sites for hydroxylation is 2. The maximum atomic E-state index is 11.9. The Morgan fingerprint density at radius 2 is 1.92 bits per heavy atom. The Morgan fingerprint density at radius 3 is 2.62 bits per heavy atom. The molecule has 6 heteroatoms. The number of aromatic nitrogens is 4. The van der Waals surface area contributed by atoms with Crippen molar-refractivity contribution in [1.29, 1.82) is 0 Å². The summed E-state index contributed by atoms with van der Waals surface area (Å²) in [6.07, 6.45) is 3.34. The van der Waals surface area contributed by atoms with Crippen LogP contribution in [0, 0.1) is 13.8 Å². The Bertz CT molecular complexity index is 1130. The van der Waals surface area contributed by atoms with Gasteiger partial charge in [-0.1, -0.05) is 18.2 Å². The number of para-hydroxylation sites is 1. The van der Waals surface area contributed by atoms with Crippen molar-refractivity contribution in [3.63, 3.8) is 0 Å². The van der Waals surface area contributed by atoms with E-state index in [0.29, 0.717) is 22.4 Å². The van der Waals surface area contributed by atoms with Crippen LogP contribution in [0.5, 0.6) is 0 Å². The maximum absolute atomic E-state index is 11.9. The van der Waals surface area contributed by atoms with Crippen LogP contribution in [0.2, 0.25) is 0 Å². The maximum Gasteiger partial charge on any atom is 0.336 e. The highest BCUT2D eigenvalue weighted by Gasteiger charge is 2.20. The fraction of sp³-hybridized carbons (Fsp3) is 0.100. The van der Waals surface area contributed by atoms with Crippen molar-refractivity contribution in [2.75, 3.05) is 0 Å². The predicted octanol–water partition coefficient (Wildman–Crippen LogP) is 3.80. The number of fused-ring (bicyclic) bond motifs is 1. The van der Waals surface area contributed by atoms with Crippen LogP contribution in [0.3, 0.4) is 0 Å². The molecule has 4 aromatic rings. The third kappa shape index (κ3) is 2.52. The van der Waals surface area contributed by atoms with Gasteiger partial charge < -0.3 is 5.11 Å². The van der Waals surface area contributed by atoms with Gasteiger partial charge in [0.25, 0.3) is 0 Å². The Balaban J connectivity index is 2.09. The molecule has 0 aliphatic rings. The summed E-state index contributed by atoms with van der Waals surface area (Å²) in [7, 11) is 0. The van der Waals surface area contributed by atoms with E-state index in [9.17, 15) is 9.90 Å². The van der Waals surface area contributed by atoms with Crippen molar-refractivity contribution in [3.05, 3.63) is 71.7 Å². The number of pyridine rings is 2. The van der Waals surface area contributed by atoms with Crippen LogP contribution in [0.15, 0.2) is 54.9 Å². The number of carbonyl (C=O) groups is 1. The second kappa shape index (κ2) is 6.07. The fourth-order valence-corrected chi connectivity index (χ4v) is 3.09. The molecule has 0 aliphatic carbocycles. The molecule has 0 saturated carbocycles. The smallest absolute Gasteiger partial charge is 0.336 e. The first-order valence-electron chi connectivity index (χ1n) is 8.16. The van der Waals surface area contributed by atoms with Gasteiger partial charge in [0.05, 0.1) is 28.0 Å². The van der Waals surface area contributed by atoms with E-state index in [2.05, 4.69) is 10.1 Å². The first-order valence-corrected chi connectivity index (χ1v) is 8.16. The van der Waals surface area contributed by atoms with Crippen LogP contribution < -0.4 is 0 Å². The van der Waals surface area contributed by atoms with Gasteiger partial charge >= 0.3 is 5.97 Å². The first-order chi connectivity index (χ1) is 12.6. The minimum absolute atomic E-state index is 0.186. The van der Waals surface area contributed by atoms with Crippen LogP contribution in [0.25, 0.3) is 28.0 Å². The molecule has 0 bridgehead atoms. The first kappa shape index (κ1) is 16.0. The van der Waals surface area contributed by atoms with E-state index >= 15 is 0 Å². The summed E-state index contributed by atoms with van der Waals surface area (Å²) in [5.41, 5.74) is 4.55. The molecule has 0 spiro atoms. The van der Waals surface area contributed by atoms with Crippen LogP contribution in [0.1, 0.15) is 21.6 Å². The number of hydrogen-bond donors (Lipinski definition) is 1. The molecule has 0 radical (unpaired) electrons. The van der Waals surface area contributed by atoms with Crippen molar-refractivity contribution in [3.8, 4) is 16.9 Å². The number of aromatic carboxylic acids is 1. The summed E-state index contributed by atoms with van der Waals surface area (Å²) >= 11 is 0. The van der Waals surface area contributed by atoms with Crippen LogP contribution in [-0.4, -0.2) is 30.8 Å². The molecule has 4 rings (SSSR count). The molecular formula is C20H16N4O2. The van der Waals surface area contributed by atoms with Gasteiger partial charge in [0.1, 0.15) is 0 Å². The lowest BCUT2D eigenvalue weighted by Crippen LogP contribution is -2.03. The van der Waals surface area contributed by atoms with Crippen molar-refractivity contribution >= 4 is 17.0 Å². The van der Waals surface area contributed by atoms with Crippen LogP contribution in [-0.2, 0) is 0 Å². The average Bonchev–Trinajstić information content (AvgIpc) is 2.98. The highest BCUT2D eigenvalue weighted by molar-refractivity contribution is 6.04. The molecule has 0 aliphatic heterocycles. The fourth-order valence-electron chi connectivity index (χ4n) is 3.09. The lowest BCUT2D eigenvalue weighted by Gasteiger charge is -2.08. The van der Waals surface area contributed by atoms with Crippen molar-refractivity contribution < 1.29 is 9.90 Å². The monoisotopic (exact) mass is 344 g/mol. The van der Waals surface area contributed by atoms with Crippen molar-refractivity contribution in [2.24, 2.45) is 0 Å². The number of carboxylic acids is 1. The zero-order chi connectivity index (χ0) is 18.3. The Morgan fingerprint density at radius 1 is 1.12 bits per heavy atom. The number of carboxylic acid groups (broad SMARTS) is 1. The van der Waals surface area contributed by atoms with Crippen molar-refractivity contribution in [2.45, 2.75) is 13.8 Å². The van der Waals surface area contributed by atoms with E-state index in [1.54, 1.807) is 36.1 Å². The molecule has 128 valence electrons. The molecule has 1 N–H and O–H groups in total. The third-order valence-corrected chi connectivity index (χ3v) is 4.34. The minimum Gasteiger partial charge on any atom is -0.478 e. The van der Waals surface area contributed by atoms with E-state index < -0.39 is 5.97 Å². The SMILES string of the molecule is Cc1ccccc1-n1nc(C)c2c(C(=O)O)cc(-c3cccnc3)nc21. The van der Waals surface area contributed by atoms with Gasteiger partial charge in [0.15, 0.2) is 5.65 Å². The van der Waals surface area contributed by atoms with Gasteiger partial charge in [0.2, 0.25) is 0 Å². The molecule has 6 nitrogen and oxygen atoms in total. The largest absolute Gasteiger partial charge is 0.478 e. The van der Waals surface area contributed by atoms with E-state index in [1.165, 1.54) is 0 Å². The van der Waals surface area contributed by atoms with Gasteiger partial charge in [-0.05, 0) is 43.7 Å². The molecular weight excluding hydrogens is 328 g/mol. The third-order valence-electron chi connectivity index (χ3n) is 4.34. The normalized spacial score (nSPS) is 11.0. The summed E-state index contributed by atoms with van der Waals surface area (Å²) in [6.45, 7) is 3.79. The van der Waals surface area contributed by atoms with Gasteiger partial charge in [-0.15, -0.1) is 0 Å². The molecule has 0 amide bonds. The van der Waals surface area contributed by atoms with Crippen molar-refractivity contribution in [1.82, 2.24) is 19.7 Å².